The fourth-order valence-corrected chi connectivity index (χ4v) is 2.95. The predicted octanol–water partition coefficient (Wildman–Crippen LogP) is 2.86. The molecule has 2 rings (SSSR count). The molecule has 1 aliphatic heterocycles. The molecule has 1 heterocycles. The van der Waals surface area contributed by atoms with Crippen LogP contribution in [0, 0.1) is 5.92 Å². The summed E-state index contributed by atoms with van der Waals surface area (Å²) >= 11 is 0. The van der Waals surface area contributed by atoms with Gasteiger partial charge >= 0.3 is 0 Å². The lowest BCUT2D eigenvalue weighted by atomic mass is 10.1. The highest BCUT2D eigenvalue weighted by molar-refractivity contribution is 5.94. The van der Waals surface area contributed by atoms with E-state index < -0.39 is 0 Å². The summed E-state index contributed by atoms with van der Waals surface area (Å²) in [7, 11) is 2.03. The monoisotopic (exact) mass is 345 g/mol. The Bertz CT molecular complexity index is 575. The summed E-state index contributed by atoms with van der Waals surface area (Å²) in [4.78, 5) is 30.7. The fraction of sp³-hybridized carbons (Fsp3) is 0.600. The molecular formula is C20H31N3O2. The number of piperazine rings is 1. The smallest absolute Gasteiger partial charge is 0.253 e. The third-order valence-electron chi connectivity index (χ3n) is 4.88. The third-order valence-corrected chi connectivity index (χ3v) is 4.88. The van der Waals surface area contributed by atoms with Crippen LogP contribution in [-0.2, 0) is 4.79 Å². The van der Waals surface area contributed by atoms with Crippen molar-refractivity contribution in [3.8, 4) is 0 Å². The highest BCUT2D eigenvalue weighted by Crippen LogP contribution is 2.16. The van der Waals surface area contributed by atoms with Crippen molar-refractivity contribution in [2.75, 3.05) is 44.7 Å². The highest BCUT2D eigenvalue weighted by Gasteiger charge is 2.24. The molecule has 1 aliphatic rings. The number of rotatable bonds is 6. The molecule has 5 nitrogen and oxygen atoms in total. The zero-order valence-corrected chi connectivity index (χ0v) is 16.0. The van der Waals surface area contributed by atoms with E-state index in [-0.39, 0.29) is 11.8 Å². The van der Waals surface area contributed by atoms with E-state index in [4.69, 9.17) is 0 Å². The van der Waals surface area contributed by atoms with Crippen LogP contribution >= 0.6 is 0 Å². The maximum atomic E-state index is 12.7. The van der Waals surface area contributed by atoms with Gasteiger partial charge in [-0.1, -0.05) is 13.8 Å². The van der Waals surface area contributed by atoms with Crippen molar-refractivity contribution in [2.24, 2.45) is 5.92 Å². The predicted molar refractivity (Wildman–Crippen MR) is 102 cm³/mol. The molecule has 0 aromatic heterocycles. The topological polar surface area (TPSA) is 43.9 Å². The minimum Gasteiger partial charge on any atom is -0.375 e. The molecule has 0 unspecified atom stereocenters. The van der Waals surface area contributed by atoms with Gasteiger partial charge in [-0.2, -0.15) is 0 Å². The molecule has 0 aliphatic carbocycles. The van der Waals surface area contributed by atoms with E-state index >= 15 is 0 Å². The van der Waals surface area contributed by atoms with E-state index in [0.717, 1.165) is 18.7 Å². The molecule has 25 heavy (non-hydrogen) atoms. The zero-order chi connectivity index (χ0) is 18.4. The first-order chi connectivity index (χ1) is 11.9. The van der Waals surface area contributed by atoms with Crippen LogP contribution < -0.4 is 4.90 Å². The van der Waals surface area contributed by atoms with Gasteiger partial charge in [-0.05, 0) is 43.5 Å². The number of anilines is 1. The van der Waals surface area contributed by atoms with E-state index in [9.17, 15) is 9.59 Å². The Kier molecular flexibility index (Phi) is 6.85. The van der Waals surface area contributed by atoms with Crippen LogP contribution in [0.15, 0.2) is 24.3 Å². The average molecular weight is 345 g/mol. The number of nitrogens with zero attached hydrogens (tertiary/aromatic N) is 3. The number of benzene rings is 1. The van der Waals surface area contributed by atoms with Crippen molar-refractivity contribution < 1.29 is 9.59 Å². The van der Waals surface area contributed by atoms with Gasteiger partial charge in [0.1, 0.15) is 0 Å². The van der Waals surface area contributed by atoms with Gasteiger partial charge in [-0.15, -0.1) is 0 Å². The number of hydrogen-bond acceptors (Lipinski definition) is 3. The number of carbonyl (C=O) groups excluding carboxylic acids is 2. The van der Waals surface area contributed by atoms with Crippen molar-refractivity contribution in [1.82, 2.24) is 9.80 Å². The van der Waals surface area contributed by atoms with Crippen molar-refractivity contribution in [1.29, 1.82) is 0 Å². The van der Waals surface area contributed by atoms with Gasteiger partial charge in [-0.25, -0.2) is 0 Å². The molecule has 1 aromatic rings. The Labute approximate surface area is 151 Å². The lowest BCUT2D eigenvalue weighted by Gasteiger charge is -2.35. The normalized spacial score (nSPS) is 14.8. The van der Waals surface area contributed by atoms with Crippen LogP contribution in [0.4, 0.5) is 5.69 Å². The number of carbonyl (C=O) groups is 2. The standard InChI is InChI=1S/C20H31N3O2/c1-5-21(4)18-9-7-17(8-10-18)20(25)23-14-12-22(13-15-23)19(24)11-6-16(2)3/h7-10,16H,5-6,11-15H2,1-4H3. The number of amides is 2. The Hall–Kier alpha value is -2.04. The maximum Gasteiger partial charge on any atom is 0.253 e. The number of hydrogen-bond donors (Lipinski definition) is 0. The Morgan fingerprint density at radius 2 is 1.60 bits per heavy atom. The van der Waals surface area contributed by atoms with E-state index in [1.165, 1.54) is 0 Å². The molecule has 0 spiro atoms. The van der Waals surface area contributed by atoms with Crippen LogP contribution in [0.5, 0.6) is 0 Å². The first kappa shape index (κ1) is 19.3. The average Bonchev–Trinajstić information content (AvgIpc) is 2.65. The molecule has 5 heteroatoms. The van der Waals surface area contributed by atoms with Crippen LogP contribution in [0.2, 0.25) is 0 Å². The molecular weight excluding hydrogens is 314 g/mol. The summed E-state index contributed by atoms with van der Waals surface area (Å²) in [5, 5.41) is 0. The Balaban J connectivity index is 1.87. The summed E-state index contributed by atoms with van der Waals surface area (Å²) in [6, 6.07) is 7.76. The van der Waals surface area contributed by atoms with Crippen molar-refractivity contribution in [3.63, 3.8) is 0 Å². The molecule has 2 amide bonds. The van der Waals surface area contributed by atoms with Gasteiger partial charge in [0.15, 0.2) is 0 Å². The van der Waals surface area contributed by atoms with E-state index in [1.54, 1.807) is 0 Å². The molecule has 0 radical (unpaired) electrons. The molecule has 0 N–H and O–H groups in total. The fourth-order valence-electron chi connectivity index (χ4n) is 2.95. The molecule has 138 valence electrons. The van der Waals surface area contributed by atoms with Crippen molar-refractivity contribution in [2.45, 2.75) is 33.6 Å². The van der Waals surface area contributed by atoms with Crippen LogP contribution in [0.3, 0.4) is 0 Å². The van der Waals surface area contributed by atoms with Gasteiger partial charge in [0, 0.05) is 57.4 Å². The maximum absolute atomic E-state index is 12.7. The second-order valence-corrected chi connectivity index (χ2v) is 7.17. The lowest BCUT2D eigenvalue weighted by Crippen LogP contribution is -2.50. The summed E-state index contributed by atoms with van der Waals surface area (Å²) in [5.74, 6) is 0.814. The summed E-state index contributed by atoms with van der Waals surface area (Å²) in [5.41, 5.74) is 1.83. The van der Waals surface area contributed by atoms with Gasteiger partial charge in [0.25, 0.3) is 5.91 Å². The van der Waals surface area contributed by atoms with Crippen LogP contribution in [0.1, 0.15) is 44.0 Å². The second-order valence-electron chi connectivity index (χ2n) is 7.17. The highest BCUT2D eigenvalue weighted by atomic mass is 16.2. The third kappa shape index (κ3) is 5.21. The first-order valence-corrected chi connectivity index (χ1v) is 9.30. The van der Waals surface area contributed by atoms with Gasteiger partial charge in [0.05, 0.1) is 0 Å². The molecule has 1 fully saturated rings. The van der Waals surface area contributed by atoms with Crippen LogP contribution in [0.25, 0.3) is 0 Å². The largest absolute Gasteiger partial charge is 0.375 e. The molecule has 0 bridgehead atoms. The Morgan fingerprint density at radius 1 is 1.04 bits per heavy atom. The summed E-state index contributed by atoms with van der Waals surface area (Å²) < 4.78 is 0. The van der Waals surface area contributed by atoms with Crippen molar-refractivity contribution in [3.05, 3.63) is 29.8 Å². The van der Waals surface area contributed by atoms with E-state index in [1.807, 2.05) is 41.1 Å². The zero-order valence-electron chi connectivity index (χ0n) is 16.0. The quantitative estimate of drug-likeness (QED) is 0.796. The van der Waals surface area contributed by atoms with E-state index in [2.05, 4.69) is 25.7 Å². The first-order valence-electron chi connectivity index (χ1n) is 9.30. The molecule has 0 saturated carbocycles. The van der Waals surface area contributed by atoms with Gasteiger partial charge in [-0.3, -0.25) is 9.59 Å². The minimum absolute atomic E-state index is 0.0555. The molecule has 1 saturated heterocycles. The van der Waals surface area contributed by atoms with E-state index in [0.29, 0.717) is 44.1 Å². The van der Waals surface area contributed by atoms with Crippen LogP contribution in [-0.4, -0.2) is 61.4 Å². The van der Waals surface area contributed by atoms with Crippen molar-refractivity contribution >= 4 is 17.5 Å². The SMILES string of the molecule is CCN(C)c1ccc(C(=O)N2CCN(C(=O)CCC(C)C)CC2)cc1. The summed E-state index contributed by atoms with van der Waals surface area (Å²) in [6.45, 7) is 9.80. The lowest BCUT2D eigenvalue weighted by molar-refractivity contribution is -0.132. The second kappa shape index (κ2) is 8.88. The van der Waals surface area contributed by atoms with Gasteiger partial charge in [0.2, 0.25) is 5.91 Å². The Morgan fingerprint density at radius 3 is 2.12 bits per heavy atom. The minimum atomic E-state index is 0.0555. The molecule has 1 aromatic carbocycles. The summed E-state index contributed by atoms with van der Waals surface area (Å²) in [6.07, 6.45) is 1.54. The molecule has 0 atom stereocenters. The van der Waals surface area contributed by atoms with Gasteiger partial charge < -0.3 is 14.7 Å².